The normalized spacial score (nSPS) is 17.1. The number of carbonyl (C=O) groups excluding carboxylic acids is 1. The molecule has 0 fully saturated rings. The molecule has 0 aromatic rings. The molecular formula is C6H5F6NO. The molecule has 0 spiro atoms. The Labute approximate surface area is 74.6 Å². The lowest BCUT2D eigenvalue weighted by molar-refractivity contribution is -0.248. The summed E-state index contributed by atoms with van der Waals surface area (Å²) in [5, 5.41) is 0. The topological polar surface area (TPSA) is 29.4 Å². The van der Waals surface area contributed by atoms with Crippen molar-refractivity contribution in [3.8, 4) is 0 Å². The Hall–Kier alpha value is -1.04. The van der Waals surface area contributed by atoms with Crippen LogP contribution in [0.3, 0.4) is 0 Å². The zero-order chi connectivity index (χ0) is 11.6. The molecule has 8 heteroatoms. The van der Waals surface area contributed by atoms with Crippen LogP contribution in [0.2, 0.25) is 0 Å². The van der Waals surface area contributed by atoms with E-state index < -0.39 is 24.3 Å². The number of aliphatic imine (C=N–C) groups is 1. The Morgan fingerprint density at radius 3 is 1.93 bits per heavy atom. The summed E-state index contributed by atoms with van der Waals surface area (Å²) in [7, 11) is 0. The van der Waals surface area contributed by atoms with Crippen molar-refractivity contribution in [1.82, 2.24) is 0 Å². The van der Waals surface area contributed by atoms with Gasteiger partial charge in [0.15, 0.2) is 0 Å². The van der Waals surface area contributed by atoms with Crippen LogP contribution in [0.15, 0.2) is 4.99 Å². The SMILES string of the molecule is CC(N=C=O)C(F)(F)C(F)C(F)(F)F. The highest BCUT2D eigenvalue weighted by Crippen LogP contribution is 2.37. The lowest BCUT2D eigenvalue weighted by Gasteiger charge is -2.24. The third-order valence-electron chi connectivity index (χ3n) is 1.43. The minimum atomic E-state index is -5.68. The van der Waals surface area contributed by atoms with Crippen LogP contribution in [-0.4, -0.2) is 30.4 Å². The van der Waals surface area contributed by atoms with E-state index in [4.69, 9.17) is 0 Å². The van der Waals surface area contributed by atoms with Crippen molar-refractivity contribution >= 4 is 6.08 Å². The monoisotopic (exact) mass is 221 g/mol. The number of rotatable bonds is 3. The fourth-order valence-electron chi connectivity index (χ4n) is 0.595. The third-order valence-corrected chi connectivity index (χ3v) is 1.43. The number of alkyl halides is 6. The summed E-state index contributed by atoms with van der Waals surface area (Å²) < 4.78 is 71.9. The zero-order valence-electron chi connectivity index (χ0n) is 6.78. The highest BCUT2D eigenvalue weighted by atomic mass is 19.4. The van der Waals surface area contributed by atoms with E-state index in [-0.39, 0.29) is 0 Å². The van der Waals surface area contributed by atoms with E-state index in [2.05, 4.69) is 4.99 Å². The molecule has 0 aliphatic heterocycles. The number of halogens is 6. The van der Waals surface area contributed by atoms with E-state index >= 15 is 0 Å². The molecule has 0 aromatic heterocycles. The molecule has 2 unspecified atom stereocenters. The molecule has 14 heavy (non-hydrogen) atoms. The molecule has 0 N–H and O–H groups in total. The second-order valence-corrected chi connectivity index (χ2v) is 2.48. The van der Waals surface area contributed by atoms with E-state index in [0.717, 1.165) is 0 Å². The van der Waals surface area contributed by atoms with Crippen LogP contribution in [0.1, 0.15) is 6.92 Å². The number of isocyanates is 1. The summed E-state index contributed by atoms with van der Waals surface area (Å²) in [6.07, 6.45) is -9.39. The predicted molar refractivity (Wildman–Crippen MR) is 33.5 cm³/mol. The van der Waals surface area contributed by atoms with Gasteiger partial charge >= 0.3 is 12.1 Å². The van der Waals surface area contributed by atoms with Crippen LogP contribution in [-0.2, 0) is 4.79 Å². The van der Waals surface area contributed by atoms with Crippen LogP contribution in [0.25, 0.3) is 0 Å². The number of nitrogens with zero attached hydrogens (tertiary/aromatic N) is 1. The highest BCUT2D eigenvalue weighted by Gasteiger charge is 2.59. The van der Waals surface area contributed by atoms with Gasteiger partial charge in [0.2, 0.25) is 6.08 Å². The molecule has 0 rings (SSSR count). The third kappa shape index (κ3) is 2.73. The molecule has 0 radical (unpaired) electrons. The van der Waals surface area contributed by atoms with Crippen molar-refractivity contribution < 1.29 is 31.1 Å². The molecule has 0 amide bonds. The van der Waals surface area contributed by atoms with E-state index in [1.807, 2.05) is 0 Å². The van der Waals surface area contributed by atoms with Crippen LogP contribution in [0.4, 0.5) is 26.3 Å². The standard InChI is InChI=1S/C6H5F6NO/c1-3(13-2-14)5(8,9)4(7)6(10,11)12/h3-4H,1H3. The first kappa shape index (κ1) is 13.0. The maximum atomic E-state index is 12.5. The minimum absolute atomic E-state index is 0.489. The van der Waals surface area contributed by atoms with E-state index in [1.54, 1.807) is 0 Å². The van der Waals surface area contributed by atoms with Crippen molar-refractivity contribution in [2.75, 3.05) is 0 Å². The lowest BCUT2D eigenvalue weighted by Crippen LogP contribution is -2.47. The molecular weight excluding hydrogens is 216 g/mol. The highest BCUT2D eigenvalue weighted by molar-refractivity contribution is 5.33. The van der Waals surface area contributed by atoms with Crippen molar-refractivity contribution in [2.45, 2.75) is 31.2 Å². The van der Waals surface area contributed by atoms with Crippen molar-refractivity contribution in [2.24, 2.45) is 4.99 Å². The van der Waals surface area contributed by atoms with Gasteiger partial charge in [-0.05, 0) is 6.92 Å². The zero-order valence-corrected chi connectivity index (χ0v) is 6.78. The van der Waals surface area contributed by atoms with Gasteiger partial charge in [0.1, 0.15) is 6.04 Å². The average molecular weight is 221 g/mol. The Morgan fingerprint density at radius 1 is 1.21 bits per heavy atom. The first-order chi connectivity index (χ1) is 6.14. The Bertz CT molecular complexity index is 243. The second-order valence-electron chi connectivity index (χ2n) is 2.48. The smallest absolute Gasteiger partial charge is 0.231 e. The van der Waals surface area contributed by atoms with E-state index in [9.17, 15) is 31.1 Å². The van der Waals surface area contributed by atoms with Gasteiger partial charge in [-0.1, -0.05) is 0 Å². The summed E-state index contributed by atoms with van der Waals surface area (Å²) in [5.41, 5.74) is 0. The van der Waals surface area contributed by atoms with Crippen molar-refractivity contribution in [3.63, 3.8) is 0 Å². The van der Waals surface area contributed by atoms with Gasteiger partial charge < -0.3 is 0 Å². The Kier molecular flexibility index (Phi) is 3.70. The van der Waals surface area contributed by atoms with Gasteiger partial charge in [-0.25, -0.2) is 18.0 Å². The Morgan fingerprint density at radius 2 is 1.64 bits per heavy atom. The number of hydrogen-bond acceptors (Lipinski definition) is 2. The van der Waals surface area contributed by atoms with Gasteiger partial charge in [-0.15, -0.1) is 0 Å². The van der Waals surface area contributed by atoms with Crippen LogP contribution >= 0.6 is 0 Å². The predicted octanol–water partition coefficient (Wildman–Crippen LogP) is 2.25. The molecule has 0 aliphatic rings. The van der Waals surface area contributed by atoms with Gasteiger partial charge in [-0.3, -0.25) is 0 Å². The number of hydrogen-bond donors (Lipinski definition) is 0. The Balaban J connectivity index is 4.85. The molecule has 0 saturated heterocycles. The van der Waals surface area contributed by atoms with Gasteiger partial charge in [0.05, 0.1) is 0 Å². The van der Waals surface area contributed by atoms with Crippen LogP contribution in [0, 0.1) is 0 Å². The first-order valence-corrected chi connectivity index (χ1v) is 3.29. The molecule has 0 aromatic carbocycles. The van der Waals surface area contributed by atoms with Gasteiger partial charge in [-0.2, -0.15) is 18.2 Å². The molecule has 0 bridgehead atoms. The summed E-state index contributed by atoms with van der Waals surface area (Å²) >= 11 is 0. The summed E-state index contributed by atoms with van der Waals surface area (Å²) in [6.45, 7) is 0.489. The van der Waals surface area contributed by atoms with Gasteiger partial charge in [0.25, 0.3) is 6.17 Å². The fraction of sp³-hybridized carbons (Fsp3) is 0.833. The summed E-state index contributed by atoms with van der Waals surface area (Å²) in [4.78, 5) is 11.8. The molecule has 2 nitrogen and oxygen atoms in total. The molecule has 0 heterocycles. The van der Waals surface area contributed by atoms with E-state index in [0.29, 0.717) is 13.0 Å². The minimum Gasteiger partial charge on any atom is -0.231 e. The summed E-state index contributed by atoms with van der Waals surface area (Å²) in [6, 6.07) is -2.41. The summed E-state index contributed by atoms with van der Waals surface area (Å²) in [5.74, 6) is -4.77. The lowest BCUT2D eigenvalue weighted by atomic mass is 10.1. The largest absolute Gasteiger partial charge is 0.425 e. The molecule has 0 aliphatic carbocycles. The van der Waals surface area contributed by atoms with Crippen molar-refractivity contribution in [3.05, 3.63) is 0 Å². The first-order valence-electron chi connectivity index (χ1n) is 3.29. The van der Waals surface area contributed by atoms with E-state index in [1.165, 1.54) is 0 Å². The molecule has 82 valence electrons. The molecule has 0 saturated carbocycles. The van der Waals surface area contributed by atoms with Gasteiger partial charge in [0, 0.05) is 0 Å². The fourth-order valence-corrected chi connectivity index (χ4v) is 0.595. The maximum Gasteiger partial charge on any atom is 0.425 e. The van der Waals surface area contributed by atoms with Crippen molar-refractivity contribution in [1.29, 1.82) is 0 Å². The maximum absolute atomic E-state index is 12.5. The average Bonchev–Trinajstić information content (AvgIpc) is 2.01. The second kappa shape index (κ2) is 4.00. The van der Waals surface area contributed by atoms with Crippen LogP contribution in [0.5, 0.6) is 0 Å². The quantitative estimate of drug-likeness (QED) is 0.408. The van der Waals surface area contributed by atoms with Crippen LogP contribution < -0.4 is 0 Å². The molecule has 2 atom stereocenters.